The topological polar surface area (TPSA) is 315 Å². The van der Waals surface area contributed by atoms with Gasteiger partial charge in [0, 0.05) is 12.5 Å². The van der Waals surface area contributed by atoms with E-state index < -0.39 is 88.5 Å². The summed E-state index contributed by atoms with van der Waals surface area (Å²) >= 11 is 0. The number of fused-ring (bicyclic) bond motifs is 5. The molecule has 3 unspecified atom stereocenters. The molecule has 1 spiro atoms. The summed E-state index contributed by atoms with van der Waals surface area (Å²) in [6, 6.07) is -0.905. The van der Waals surface area contributed by atoms with Crippen LogP contribution in [0.15, 0.2) is 23.8 Å². The van der Waals surface area contributed by atoms with Gasteiger partial charge < -0.3 is 58.5 Å². The fraction of sp³-hybridized carbons (Fsp3) is 0.565. The molecule has 4 aromatic rings. The van der Waals surface area contributed by atoms with Crippen molar-refractivity contribution in [2.75, 3.05) is 31.8 Å². The molecule has 2 aliphatic carbocycles. The Morgan fingerprint density at radius 3 is 2.47 bits per heavy atom. The van der Waals surface area contributed by atoms with Crippen molar-refractivity contribution < 1.29 is 111 Å². The summed E-state index contributed by atoms with van der Waals surface area (Å²) in [6.45, 7) is -1.33. The third-order valence-corrected chi connectivity index (χ3v) is 11.1. The number of ether oxygens (including phenoxy) is 2. The number of nitrogen functional groups attached to an aromatic ring is 2. The van der Waals surface area contributed by atoms with Gasteiger partial charge in [-0.1, -0.05) is 0 Å². The van der Waals surface area contributed by atoms with Crippen molar-refractivity contribution in [3.05, 3.63) is 29.3 Å². The van der Waals surface area contributed by atoms with E-state index in [0.717, 1.165) is 6.33 Å². The number of nitrogens with two attached hydrogens (primary N) is 2. The van der Waals surface area contributed by atoms with E-state index in [1.807, 2.05) is 0 Å². The first-order valence-electron chi connectivity index (χ1n) is 14.1. The molecule has 49 heavy (non-hydrogen) atoms. The standard InChI is InChI=1S/C23H28N10O12P2.2Na/c1-40-13-9-3-41-46(36,37)44-14-12(32-6-28-10-17(24)26-5-27-18(10)32)8-2-23(8,16(14)34)4-42-47(38,39)45-15(13)21(43-9)33-7-29-11-19(33)30-22(25)31-20(11)35;;/h5-9,12-16,21,34H,2-4H2,1H3,(H,36,37)(H,38,39)(H2,24,26,27)(H3,25,30,31,35);;/q;2*+1/p-2/t8-,9-,12-,13-,14+,15-,16+,21-,23?;;/m1../s1. The summed E-state index contributed by atoms with van der Waals surface area (Å²) in [5.41, 5.74) is 9.97. The van der Waals surface area contributed by atoms with Gasteiger partial charge in [-0.2, -0.15) is 4.98 Å². The second kappa shape index (κ2) is 13.2. The molecule has 0 amide bonds. The van der Waals surface area contributed by atoms with Crippen molar-refractivity contribution in [2.45, 2.75) is 49.2 Å². The molecule has 4 fully saturated rings. The van der Waals surface area contributed by atoms with E-state index in [-0.39, 0.29) is 99.6 Å². The minimum Gasteiger partial charge on any atom is -0.756 e. The zero-order valence-corrected chi connectivity index (χ0v) is 31.9. The van der Waals surface area contributed by atoms with Gasteiger partial charge in [-0.15, -0.1) is 0 Å². The normalized spacial score (nSPS) is 38.8. The minimum absolute atomic E-state index is 0. The van der Waals surface area contributed by atoms with E-state index in [0.29, 0.717) is 0 Å². The van der Waals surface area contributed by atoms with Crippen LogP contribution >= 0.6 is 15.6 Å². The molecule has 6 N–H and O–H groups in total. The molecule has 0 radical (unpaired) electrons. The number of H-pyrrole nitrogens is 1. The van der Waals surface area contributed by atoms with Gasteiger partial charge in [0.2, 0.25) is 5.95 Å². The predicted octanol–water partition coefficient (Wildman–Crippen LogP) is -8.28. The van der Waals surface area contributed by atoms with Crippen LogP contribution < -0.4 is 85.9 Å². The van der Waals surface area contributed by atoms with Gasteiger partial charge >= 0.3 is 59.1 Å². The number of hydrogen-bond acceptors (Lipinski definition) is 19. The molecular weight excluding hydrogens is 716 g/mol. The van der Waals surface area contributed by atoms with Gasteiger partial charge in [-0.05, 0) is 12.3 Å². The van der Waals surface area contributed by atoms with Crippen molar-refractivity contribution in [3.8, 4) is 0 Å². The zero-order chi connectivity index (χ0) is 33.0. The van der Waals surface area contributed by atoms with Crippen LogP contribution in [0, 0.1) is 11.3 Å². The fourth-order valence-corrected chi connectivity index (χ4v) is 8.93. The molecule has 11 atom stereocenters. The third-order valence-electron chi connectivity index (χ3n) is 9.21. The number of methoxy groups -OCH3 is 1. The molecule has 2 saturated heterocycles. The average Bonchev–Trinajstić information content (AvgIpc) is 3.29. The van der Waals surface area contributed by atoms with Crippen LogP contribution in [0.2, 0.25) is 0 Å². The van der Waals surface area contributed by atoms with Gasteiger partial charge in [0.15, 0.2) is 28.9 Å². The van der Waals surface area contributed by atoms with Gasteiger partial charge in [0.05, 0.1) is 38.0 Å². The summed E-state index contributed by atoms with van der Waals surface area (Å²) < 4.78 is 62.6. The molecule has 4 aromatic heterocycles. The molecule has 2 saturated carbocycles. The summed E-state index contributed by atoms with van der Waals surface area (Å²) in [6.07, 6.45) is -4.57. The van der Waals surface area contributed by atoms with E-state index in [1.54, 1.807) is 0 Å². The number of rotatable bonds is 3. The summed E-state index contributed by atoms with van der Waals surface area (Å²) in [7, 11) is -9.22. The first-order valence-corrected chi connectivity index (χ1v) is 17.0. The Hall–Kier alpha value is -1.40. The van der Waals surface area contributed by atoms with Crippen LogP contribution in [0.4, 0.5) is 11.8 Å². The molecule has 2 aliphatic heterocycles. The number of aliphatic hydroxyl groups is 1. The number of phosphoric acid groups is 2. The fourth-order valence-electron chi connectivity index (χ4n) is 7.02. The van der Waals surface area contributed by atoms with Crippen LogP contribution in [0.3, 0.4) is 0 Å². The van der Waals surface area contributed by atoms with Crippen molar-refractivity contribution in [3.63, 3.8) is 0 Å². The van der Waals surface area contributed by atoms with Crippen LogP contribution in [0.1, 0.15) is 18.7 Å². The smallest absolute Gasteiger partial charge is 0.756 e. The molecule has 4 bridgehead atoms. The molecule has 26 heteroatoms. The maximum Gasteiger partial charge on any atom is 1.00 e. The predicted molar refractivity (Wildman–Crippen MR) is 149 cm³/mol. The molecule has 6 heterocycles. The van der Waals surface area contributed by atoms with Crippen LogP contribution in [-0.4, -0.2) is 95.0 Å². The Morgan fingerprint density at radius 1 is 1.02 bits per heavy atom. The average molecular weight is 742 g/mol. The van der Waals surface area contributed by atoms with E-state index in [1.165, 1.54) is 28.9 Å². The summed E-state index contributed by atoms with van der Waals surface area (Å²) in [4.78, 5) is 61.9. The maximum absolute atomic E-state index is 13.4. The number of aliphatic hydroxyl groups excluding tert-OH is 1. The maximum atomic E-state index is 13.4. The Balaban J connectivity index is 0.00000208. The number of nitrogens with one attached hydrogen (secondary N) is 1. The molecule has 252 valence electrons. The van der Waals surface area contributed by atoms with E-state index in [4.69, 9.17) is 39.0 Å². The monoisotopic (exact) mass is 742 g/mol. The number of hydrogen-bond donors (Lipinski definition) is 4. The van der Waals surface area contributed by atoms with E-state index >= 15 is 0 Å². The van der Waals surface area contributed by atoms with Crippen LogP contribution in [-0.2, 0) is 36.7 Å². The molecule has 0 aromatic carbocycles. The number of imidazole rings is 2. The zero-order valence-electron chi connectivity index (χ0n) is 26.1. The second-order valence-electron chi connectivity index (χ2n) is 11.7. The third kappa shape index (κ3) is 6.17. The van der Waals surface area contributed by atoms with Gasteiger partial charge in [-0.3, -0.25) is 23.5 Å². The molecule has 4 aliphatic rings. The Bertz CT molecular complexity index is 2070. The first-order chi connectivity index (χ1) is 22.3. The van der Waals surface area contributed by atoms with E-state index in [2.05, 4.69) is 29.9 Å². The van der Waals surface area contributed by atoms with Crippen LogP contribution in [0.25, 0.3) is 22.3 Å². The van der Waals surface area contributed by atoms with Crippen molar-refractivity contribution in [2.24, 2.45) is 11.3 Å². The molecular formula is C23H26N10Na2O12P2. The van der Waals surface area contributed by atoms with Crippen LogP contribution in [0.5, 0.6) is 0 Å². The molecule has 8 rings (SSSR count). The molecule has 22 nitrogen and oxygen atoms in total. The van der Waals surface area contributed by atoms with Crippen molar-refractivity contribution >= 4 is 49.7 Å². The Kier molecular flexibility index (Phi) is 10.1. The van der Waals surface area contributed by atoms with Gasteiger partial charge in [0.25, 0.3) is 21.2 Å². The number of nitrogens with zero attached hydrogens (tertiary/aromatic N) is 7. The number of anilines is 2. The Labute approximate surface area is 319 Å². The Morgan fingerprint density at radius 2 is 1.71 bits per heavy atom. The largest absolute Gasteiger partial charge is 1.00 e. The number of aromatic nitrogens is 8. The summed E-state index contributed by atoms with van der Waals surface area (Å²) in [5.74, 6) is -0.729. The SMILES string of the molecule is CO[C@H]1[C@H]2OP(=O)([O-])OCC34C[C@@H]3[C@@H](n3cnc5c(N)ncnc53)[C@H](OP(=O)([O-])OC[C@H]1O[C@H]2n1cnc2c(=O)[nH]c(N)nc21)[C@@H]4O.[Na+].[Na+]. The quantitative estimate of drug-likeness (QED) is 0.112. The van der Waals surface area contributed by atoms with Crippen molar-refractivity contribution in [1.29, 1.82) is 0 Å². The first kappa shape index (κ1) is 37.4. The van der Waals surface area contributed by atoms with Gasteiger partial charge in [-0.25, -0.2) is 19.9 Å². The number of aromatic amines is 1. The summed E-state index contributed by atoms with van der Waals surface area (Å²) in [5, 5.41) is 11.5. The second-order valence-corrected chi connectivity index (χ2v) is 14.4. The van der Waals surface area contributed by atoms with Gasteiger partial charge in [0.1, 0.15) is 36.3 Å². The minimum atomic E-state index is -5.23. The van der Waals surface area contributed by atoms with Crippen molar-refractivity contribution in [1.82, 2.24) is 39.0 Å². The number of phosphoric ester groups is 2. The van der Waals surface area contributed by atoms with E-state index in [9.17, 15) is 28.8 Å².